The highest BCUT2D eigenvalue weighted by Gasteiger charge is 2.29. The molecule has 0 spiro atoms. The summed E-state index contributed by atoms with van der Waals surface area (Å²) < 4.78 is 28.6. The first-order valence-corrected chi connectivity index (χ1v) is 10.6. The number of aryl methyl sites for hydroxylation is 2. The molecule has 0 aromatic heterocycles. The van der Waals surface area contributed by atoms with E-state index in [2.05, 4.69) is 33.0 Å². The number of benzene rings is 2. The summed E-state index contributed by atoms with van der Waals surface area (Å²) in [5, 5.41) is 0. The number of hydrogen-bond donors (Lipinski definition) is 0. The Hall–Kier alpha value is -1.21. The van der Waals surface area contributed by atoms with Gasteiger partial charge >= 0.3 is 0 Å². The Balaban J connectivity index is 1.71. The van der Waals surface area contributed by atoms with Crippen molar-refractivity contribution in [1.29, 1.82) is 0 Å². The largest absolute Gasteiger partial charge is 0.296 e. The highest BCUT2D eigenvalue weighted by Crippen LogP contribution is 2.27. The molecule has 134 valence electrons. The summed E-state index contributed by atoms with van der Waals surface area (Å²) in [6.45, 7) is 7.20. The van der Waals surface area contributed by atoms with Crippen molar-refractivity contribution in [3.05, 3.63) is 63.6 Å². The smallest absolute Gasteiger partial charge is 0.243 e. The van der Waals surface area contributed by atoms with Crippen LogP contribution in [-0.2, 0) is 16.6 Å². The van der Waals surface area contributed by atoms with Crippen molar-refractivity contribution < 1.29 is 8.42 Å². The number of halogens is 1. The first kappa shape index (κ1) is 18.6. The quantitative estimate of drug-likeness (QED) is 0.755. The average Bonchev–Trinajstić information content (AvgIpc) is 2.59. The Labute approximate surface area is 158 Å². The molecule has 0 bridgehead atoms. The number of sulfonamides is 1. The van der Waals surface area contributed by atoms with Crippen molar-refractivity contribution in [2.45, 2.75) is 25.3 Å². The molecule has 0 atom stereocenters. The van der Waals surface area contributed by atoms with Gasteiger partial charge in [-0.25, -0.2) is 8.42 Å². The first-order chi connectivity index (χ1) is 11.9. The Morgan fingerprint density at radius 1 is 0.960 bits per heavy atom. The molecular weight excluding hydrogens is 400 g/mol. The number of rotatable bonds is 4. The fourth-order valence-electron chi connectivity index (χ4n) is 3.14. The minimum absolute atomic E-state index is 0.421. The Morgan fingerprint density at radius 2 is 1.60 bits per heavy atom. The molecule has 0 N–H and O–H groups in total. The summed E-state index contributed by atoms with van der Waals surface area (Å²) in [4.78, 5) is 2.73. The molecule has 0 aliphatic carbocycles. The fraction of sp³-hybridized carbons (Fsp3) is 0.368. The van der Waals surface area contributed by atoms with Gasteiger partial charge in [0.2, 0.25) is 10.0 Å². The van der Waals surface area contributed by atoms with Crippen molar-refractivity contribution in [1.82, 2.24) is 9.21 Å². The van der Waals surface area contributed by atoms with Crippen LogP contribution in [0.15, 0.2) is 51.8 Å². The predicted molar refractivity (Wildman–Crippen MR) is 104 cm³/mol. The van der Waals surface area contributed by atoms with Crippen LogP contribution < -0.4 is 0 Å². The van der Waals surface area contributed by atoms with Gasteiger partial charge in [-0.15, -0.1) is 0 Å². The molecule has 0 unspecified atom stereocenters. The molecule has 1 aliphatic heterocycles. The summed E-state index contributed by atoms with van der Waals surface area (Å²) in [6, 6.07) is 14.0. The highest BCUT2D eigenvalue weighted by atomic mass is 79.9. The summed E-state index contributed by atoms with van der Waals surface area (Å²) >= 11 is 3.47. The maximum Gasteiger partial charge on any atom is 0.243 e. The van der Waals surface area contributed by atoms with Crippen LogP contribution in [0, 0.1) is 13.8 Å². The zero-order chi connectivity index (χ0) is 18.0. The SMILES string of the molecule is Cc1cc(S(=O)(=O)N2CCN(Cc3ccccc3)CC2)c(C)cc1Br. The maximum atomic E-state index is 13.0. The van der Waals surface area contributed by atoms with E-state index in [1.807, 2.05) is 38.1 Å². The third-order valence-corrected chi connectivity index (χ3v) is 7.55. The highest BCUT2D eigenvalue weighted by molar-refractivity contribution is 9.10. The third-order valence-electron chi connectivity index (χ3n) is 4.65. The molecule has 1 fully saturated rings. The van der Waals surface area contributed by atoms with Gasteiger partial charge in [0.15, 0.2) is 0 Å². The summed E-state index contributed by atoms with van der Waals surface area (Å²) in [5.41, 5.74) is 2.98. The minimum Gasteiger partial charge on any atom is -0.296 e. The van der Waals surface area contributed by atoms with Crippen LogP contribution in [0.2, 0.25) is 0 Å². The Morgan fingerprint density at radius 3 is 2.24 bits per heavy atom. The zero-order valence-electron chi connectivity index (χ0n) is 14.6. The number of piperazine rings is 1. The molecule has 0 saturated carbocycles. The van der Waals surface area contributed by atoms with Crippen molar-refractivity contribution in [3.63, 3.8) is 0 Å². The summed E-state index contributed by atoms with van der Waals surface area (Å²) in [6.07, 6.45) is 0. The van der Waals surface area contributed by atoms with E-state index >= 15 is 0 Å². The lowest BCUT2D eigenvalue weighted by Crippen LogP contribution is -2.48. The first-order valence-electron chi connectivity index (χ1n) is 8.41. The molecule has 2 aromatic carbocycles. The monoisotopic (exact) mass is 422 g/mol. The summed E-state index contributed by atoms with van der Waals surface area (Å²) in [5.74, 6) is 0. The van der Waals surface area contributed by atoms with Crippen LogP contribution in [0.4, 0.5) is 0 Å². The lowest BCUT2D eigenvalue weighted by Gasteiger charge is -2.34. The standard InChI is InChI=1S/C19H23BrN2O2S/c1-15-13-19(16(2)12-18(15)20)25(23,24)22-10-8-21(9-11-22)14-17-6-4-3-5-7-17/h3-7,12-13H,8-11,14H2,1-2H3. The Kier molecular flexibility index (Phi) is 5.63. The van der Waals surface area contributed by atoms with Gasteiger partial charge in [-0.05, 0) is 42.7 Å². The molecule has 25 heavy (non-hydrogen) atoms. The van der Waals surface area contributed by atoms with Crippen molar-refractivity contribution in [3.8, 4) is 0 Å². The van der Waals surface area contributed by atoms with E-state index in [0.29, 0.717) is 18.0 Å². The van der Waals surface area contributed by atoms with E-state index in [-0.39, 0.29) is 0 Å². The van der Waals surface area contributed by atoms with Gasteiger partial charge in [0, 0.05) is 37.2 Å². The van der Waals surface area contributed by atoms with Gasteiger partial charge in [-0.2, -0.15) is 4.31 Å². The number of nitrogens with zero attached hydrogens (tertiary/aromatic N) is 2. The predicted octanol–water partition coefficient (Wildman–Crippen LogP) is 3.57. The molecule has 2 aromatic rings. The second-order valence-electron chi connectivity index (χ2n) is 6.53. The van der Waals surface area contributed by atoms with Crippen LogP contribution in [0.1, 0.15) is 16.7 Å². The lowest BCUT2D eigenvalue weighted by molar-refractivity contribution is 0.181. The molecule has 4 nitrogen and oxygen atoms in total. The van der Waals surface area contributed by atoms with Crippen LogP contribution in [-0.4, -0.2) is 43.8 Å². The van der Waals surface area contributed by atoms with E-state index in [1.54, 1.807) is 10.4 Å². The van der Waals surface area contributed by atoms with Crippen molar-refractivity contribution in [2.75, 3.05) is 26.2 Å². The van der Waals surface area contributed by atoms with Crippen molar-refractivity contribution in [2.24, 2.45) is 0 Å². The molecule has 1 aliphatic rings. The average molecular weight is 423 g/mol. The topological polar surface area (TPSA) is 40.6 Å². The van der Waals surface area contributed by atoms with Crippen LogP contribution in [0.25, 0.3) is 0 Å². The van der Waals surface area contributed by atoms with E-state index in [0.717, 1.165) is 35.2 Å². The van der Waals surface area contributed by atoms with Gasteiger partial charge in [0.1, 0.15) is 0 Å². The van der Waals surface area contributed by atoms with Gasteiger partial charge in [0.05, 0.1) is 4.90 Å². The number of hydrogen-bond acceptors (Lipinski definition) is 3. The molecule has 0 amide bonds. The second kappa shape index (κ2) is 7.58. The fourth-order valence-corrected chi connectivity index (χ4v) is 5.31. The van der Waals surface area contributed by atoms with E-state index in [4.69, 9.17) is 0 Å². The molecule has 3 rings (SSSR count). The minimum atomic E-state index is -3.44. The molecule has 6 heteroatoms. The van der Waals surface area contributed by atoms with Gasteiger partial charge in [0.25, 0.3) is 0 Å². The van der Waals surface area contributed by atoms with Gasteiger partial charge in [-0.1, -0.05) is 46.3 Å². The third kappa shape index (κ3) is 4.14. The maximum absolute atomic E-state index is 13.0. The molecular formula is C19H23BrN2O2S. The van der Waals surface area contributed by atoms with E-state index in [9.17, 15) is 8.42 Å². The molecule has 1 heterocycles. The lowest BCUT2D eigenvalue weighted by atomic mass is 10.2. The van der Waals surface area contributed by atoms with Crippen LogP contribution in [0.5, 0.6) is 0 Å². The molecule has 0 radical (unpaired) electrons. The van der Waals surface area contributed by atoms with Crippen LogP contribution in [0.3, 0.4) is 0 Å². The summed E-state index contributed by atoms with van der Waals surface area (Å²) in [7, 11) is -3.44. The zero-order valence-corrected chi connectivity index (χ0v) is 17.0. The molecule has 1 saturated heterocycles. The van der Waals surface area contributed by atoms with Gasteiger partial charge < -0.3 is 0 Å². The second-order valence-corrected chi connectivity index (χ2v) is 9.29. The normalized spacial score (nSPS) is 16.9. The Bertz CT molecular complexity index is 845. The van der Waals surface area contributed by atoms with Crippen LogP contribution >= 0.6 is 15.9 Å². The van der Waals surface area contributed by atoms with Crippen molar-refractivity contribution >= 4 is 26.0 Å². The van der Waals surface area contributed by atoms with Gasteiger partial charge in [-0.3, -0.25) is 4.90 Å². The van der Waals surface area contributed by atoms with E-state index in [1.165, 1.54) is 5.56 Å². The van der Waals surface area contributed by atoms with E-state index < -0.39 is 10.0 Å².